The average Bonchev–Trinajstić information content (AvgIpc) is 2.45. The maximum atomic E-state index is 12.7. The molecule has 3 unspecified atom stereocenters. The molecule has 1 aromatic rings. The molecule has 2 rings (SSSR count). The van der Waals surface area contributed by atoms with Crippen LogP contribution in [-0.4, -0.2) is 43.1 Å². The number of rotatable bonds is 6. The van der Waals surface area contributed by atoms with Crippen molar-refractivity contribution in [3.8, 4) is 5.75 Å². The second-order valence-electron chi connectivity index (χ2n) is 5.23. The summed E-state index contributed by atoms with van der Waals surface area (Å²) in [4.78, 5) is 0. The lowest BCUT2D eigenvalue weighted by atomic mass is 10.0. The molecular weight excluding hydrogens is 261 g/mol. The minimum Gasteiger partial charge on any atom is -0.491 e. The molecule has 0 spiro atoms. The Morgan fingerprint density at radius 3 is 2.90 bits per heavy atom. The van der Waals surface area contributed by atoms with Crippen LogP contribution >= 0.6 is 0 Å². The van der Waals surface area contributed by atoms with Crippen LogP contribution in [0.5, 0.6) is 5.75 Å². The van der Waals surface area contributed by atoms with Crippen molar-refractivity contribution in [2.45, 2.75) is 38.0 Å². The number of aliphatic hydroxyl groups excluding tert-OH is 1. The molecule has 112 valence electrons. The Morgan fingerprint density at radius 2 is 2.20 bits per heavy atom. The minimum absolute atomic E-state index is 0.192. The highest BCUT2D eigenvalue weighted by atomic mass is 19.1. The third-order valence-corrected chi connectivity index (χ3v) is 3.38. The van der Waals surface area contributed by atoms with E-state index in [1.165, 1.54) is 12.1 Å². The maximum absolute atomic E-state index is 12.7. The van der Waals surface area contributed by atoms with E-state index in [4.69, 9.17) is 9.47 Å². The lowest BCUT2D eigenvalue weighted by molar-refractivity contribution is 0.00966. The lowest BCUT2D eigenvalue weighted by Gasteiger charge is -2.28. The van der Waals surface area contributed by atoms with Crippen molar-refractivity contribution in [2.24, 2.45) is 0 Å². The highest BCUT2D eigenvalue weighted by Gasteiger charge is 2.19. The molecule has 2 N–H and O–H groups in total. The first-order valence-corrected chi connectivity index (χ1v) is 7.05. The van der Waals surface area contributed by atoms with Gasteiger partial charge >= 0.3 is 0 Å². The standard InChI is InChI=1S/C15H22FNO3/c1-11-8-13(6-7-19-11)17-9-14(18)10-20-15-4-2-12(16)3-5-15/h2-5,11,13-14,17-18H,6-10H2,1H3. The van der Waals surface area contributed by atoms with Crippen molar-refractivity contribution < 1.29 is 19.0 Å². The van der Waals surface area contributed by atoms with Crippen molar-refractivity contribution in [3.63, 3.8) is 0 Å². The molecule has 0 radical (unpaired) electrons. The largest absolute Gasteiger partial charge is 0.491 e. The van der Waals surface area contributed by atoms with Crippen molar-refractivity contribution in [1.29, 1.82) is 0 Å². The van der Waals surface area contributed by atoms with Crippen LogP contribution in [-0.2, 0) is 4.74 Å². The Bertz CT molecular complexity index is 399. The van der Waals surface area contributed by atoms with Crippen LogP contribution in [0.25, 0.3) is 0 Å². The van der Waals surface area contributed by atoms with E-state index in [0.717, 1.165) is 19.4 Å². The first-order valence-electron chi connectivity index (χ1n) is 7.05. The van der Waals surface area contributed by atoms with Gasteiger partial charge in [0, 0.05) is 19.2 Å². The quantitative estimate of drug-likeness (QED) is 0.834. The predicted octanol–water partition coefficient (Wildman–Crippen LogP) is 1.72. The van der Waals surface area contributed by atoms with E-state index < -0.39 is 6.10 Å². The molecule has 0 aromatic heterocycles. The van der Waals surface area contributed by atoms with Crippen molar-refractivity contribution in [1.82, 2.24) is 5.32 Å². The van der Waals surface area contributed by atoms with Crippen LogP contribution in [0.1, 0.15) is 19.8 Å². The molecule has 1 aromatic carbocycles. The zero-order valence-corrected chi connectivity index (χ0v) is 11.7. The molecule has 20 heavy (non-hydrogen) atoms. The minimum atomic E-state index is -0.585. The summed E-state index contributed by atoms with van der Waals surface area (Å²) in [6.07, 6.45) is 1.62. The van der Waals surface area contributed by atoms with Gasteiger partial charge in [-0.25, -0.2) is 4.39 Å². The number of nitrogens with one attached hydrogen (secondary N) is 1. The fourth-order valence-electron chi connectivity index (χ4n) is 2.27. The van der Waals surface area contributed by atoms with Crippen LogP contribution in [0.3, 0.4) is 0 Å². The van der Waals surface area contributed by atoms with E-state index in [2.05, 4.69) is 12.2 Å². The first-order chi connectivity index (χ1) is 9.63. The van der Waals surface area contributed by atoms with Gasteiger partial charge < -0.3 is 19.9 Å². The van der Waals surface area contributed by atoms with Crippen LogP contribution in [0, 0.1) is 5.82 Å². The monoisotopic (exact) mass is 283 g/mol. The predicted molar refractivity (Wildman–Crippen MR) is 74.3 cm³/mol. The number of hydrogen-bond donors (Lipinski definition) is 2. The van der Waals surface area contributed by atoms with Gasteiger partial charge in [-0.15, -0.1) is 0 Å². The summed E-state index contributed by atoms with van der Waals surface area (Å²) in [5, 5.41) is 13.2. The molecule has 1 fully saturated rings. The van der Waals surface area contributed by atoms with Gasteiger partial charge in [0.25, 0.3) is 0 Å². The highest BCUT2D eigenvalue weighted by Crippen LogP contribution is 2.13. The summed E-state index contributed by atoms with van der Waals surface area (Å²) in [6.45, 7) is 3.50. The van der Waals surface area contributed by atoms with Crippen molar-refractivity contribution in [2.75, 3.05) is 19.8 Å². The average molecular weight is 283 g/mol. The van der Waals surface area contributed by atoms with Crippen molar-refractivity contribution >= 4 is 0 Å². The van der Waals surface area contributed by atoms with Gasteiger partial charge in [0.1, 0.15) is 24.3 Å². The molecule has 0 bridgehead atoms. The summed E-state index contributed by atoms with van der Waals surface area (Å²) in [7, 11) is 0. The normalized spacial score (nSPS) is 24.4. The molecule has 1 saturated heterocycles. The van der Waals surface area contributed by atoms with E-state index in [1.807, 2.05) is 0 Å². The summed E-state index contributed by atoms with van der Waals surface area (Å²) in [5.74, 6) is 0.262. The van der Waals surface area contributed by atoms with Gasteiger partial charge in [-0.3, -0.25) is 0 Å². The van der Waals surface area contributed by atoms with E-state index in [0.29, 0.717) is 18.3 Å². The Kier molecular flexibility index (Phi) is 5.76. The third kappa shape index (κ3) is 5.07. The van der Waals surface area contributed by atoms with Crippen LogP contribution < -0.4 is 10.1 Å². The van der Waals surface area contributed by atoms with Crippen LogP contribution in [0.15, 0.2) is 24.3 Å². The van der Waals surface area contributed by atoms with E-state index in [-0.39, 0.29) is 18.5 Å². The smallest absolute Gasteiger partial charge is 0.123 e. The molecule has 0 amide bonds. The van der Waals surface area contributed by atoms with Crippen LogP contribution in [0.4, 0.5) is 4.39 Å². The fraction of sp³-hybridized carbons (Fsp3) is 0.600. The highest BCUT2D eigenvalue weighted by molar-refractivity contribution is 5.22. The van der Waals surface area contributed by atoms with E-state index in [9.17, 15) is 9.50 Å². The second-order valence-corrected chi connectivity index (χ2v) is 5.23. The molecule has 5 heteroatoms. The van der Waals surface area contributed by atoms with E-state index in [1.54, 1.807) is 12.1 Å². The number of ether oxygens (including phenoxy) is 2. The lowest BCUT2D eigenvalue weighted by Crippen LogP contribution is -2.42. The Morgan fingerprint density at radius 1 is 1.45 bits per heavy atom. The number of benzene rings is 1. The molecule has 3 atom stereocenters. The van der Waals surface area contributed by atoms with Gasteiger partial charge in [0.05, 0.1) is 6.10 Å². The van der Waals surface area contributed by atoms with Crippen molar-refractivity contribution in [3.05, 3.63) is 30.1 Å². The molecule has 0 aliphatic carbocycles. The molecule has 1 heterocycles. The zero-order chi connectivity index (χ0) is 14.4. The van der Waals surface area contributed by atoms with Gasteiger partial charge in [0.15, 0.2) is 0 Å². The number of aliphatic hydroxyl groups is 1. The Balaban J connectivity index is 1.65. The summed E-state index contributed by atoms with van der Waals surface area (Å²) < 4.78 is 23.6. The van der Waals surface area contributed by atoms with Gasteiger partial charge in [-0.1, -0.05) is 0 Å². The molecule has 1 aliphatic heterocycles. The maximum Gasteiger partial charge on any atom is 0.123 e. The second kappa shape index (κ2) is 7.57. The number of halogens is 1. The molecular formula is C15H22FNO3. The summed E-state index contributed by atoms with van der Waals surface area (Å²) in [5.41, 5.74) is 0. The molecule has 0 saturated carbocycles. The van der Waals surface area contributed by atoms with Gasteiger partial charge in [-0.05, 0) is 44.0 Å². The van der Waals surface area contributed by atoms with Gasteiger partial charge in [-0.2, -0.15) is 0 Å². The fourth-order valence-corrected chi connectivity index (χ4v) is 2.27. The first kappa shape index (κ1) is 15.2. The zero-order valence-electron chi connectivity index (χ0n) is 11.7. The topological polar surface area (TPSA) is 50.7 Å². The Hall–Kier alpha value is -1.17. The SMILES string of the molecule is CC1CC(NCC(O)COc2ccc(F)cc2)CCO1. The Labute approximate surface area is 118 Å². The summed E-state index contributed by atoms with van der Waals surface area (Å²) in [6, 6.07) is 6.16. The van der Waals surface area contributed by atoms with Gasteiger partial charge in [0.2, 0.25) is 0 Å². The number of hydrogen-bond acceptors (Lipinski definition) is 4. The third-order valence-electron chi connectivity index (χ3n) is 3.38. The van der Waals surface area contributed by atoms with E-state index >= 15 is 0 Å². The summed E-state index contributed by atoms with van der Waals surface area (Å²) >= 11 is 0. The molecule has 4 nitrogen and oxygen atoms in total. The van der Waals surface area contributed by atoms with Crippen LogP contribution in [0.2, 0.25) is 0 Å². The molecule has 1 aliphatic rings.